The second kappa shape index (κ2) is 7.58. The number of nitrogens with zero attached hydrogens (tertiary/aromatic N) is 2. The first-order valence-electron chi connectivity index (χ1n) is 7.60. The molecule has 26 heavy (non-hydrogen) atoms. The number of nitro groups is 1. The van der Waals surface area contributed by atoms with E-state index in [1.54, 1.807) is 24.3 Å². The predicted molar refractivity (Wildman–Crippen MR) is 106 cm³/mol. The van der Waals surface area contributed by atoms with Gasteiger partial charge in [0.2, 0.25) is 0 Å². The third-order valence-corrected chi connectivity index (χ3v) is 3.85. The number of nitrogens with one attached hydrogen (secondary N) is 2. The Morgan fingerprint density at radius 3 is 2.65 bits per heavy atom. The topological polar surface area (TPSA) is 99.8 Å². The van der Waals surface area contributed by atoms with Gasteiger partial charge in [0.15, 0.2) is 5.11 Å². The number of nitro benzene ring substituents is 1. The van der Waals surface area contributed by atoms with Gasteiger partial charge in [0, 0.05) is 11.6 Å². The minimum absolute atomic E-state index is 0.0897. The molecule has 0 aliphatic rings. The molecular formula is C18H14N4O3S. The highest BCUT2D eigenvalue weighted by Crippen LogP contribution is 2.25. The molecule has 7 nitrogen and oxygen atoms in total. The number of aromatic hydroxyl groups is 1. The van der Waals surface area contributed by atoms with Crippen molar-refractivity contribution in [1.29, 1.82) is 0 Å². The van der Waals surface area contributed by atoms with Gasteiger partial charge in [-0.3, -0.25) is 15.5 Å². The van der Waals surface area contributed by atoms with Gasteiger partial charge in [-0.05, 0) is 35.1 Å². The zero-order chi connectivity index (χ0) is 18.5. The van der Waals surface area contributed by atoms with Gasteiger partial charge in [0.05, 0.1) is 11.1 Å². The van der Waals surface area contributed by atoms with Gasteiger partial charge in [0.25, 0.3) is 5.69 Å². The maximum Gasteiger partial charge on any atom is 0.292 e. The Labute approximate surface area is 154 Å². The van der Waals surface area contributed by atoms with Crippen LogP contribution in [0.4, 0.5) is 11.4 Å². The first-order chi connectivity index (χ1) is 12.6. The molecule has 0 aliphatic carbocycles. The van der Waals surface area contributed by atoms with Crippen molar-refractivity contribution in [2.24, 2.45) is 5.10 Å². The Morgan fingerprint density at radius 2 is 1.85 bits per heavy atom. The first kappa shape index (κ1) is 17.3. The zero-order valence-electron chi connectivity index (χ0n) is 13.4. The van der Waals surface area contributed by atoms with E-state index in [1.165, 1.54) is 12.3 Å². The van der Waals surface area contributed by atoms with Crippen molar-refractivity contribution in [3.63, 3.8) is 0 Å². The van der Waals surface area contributed by atoms with E-state index in [0.29, 0.717) is 5.56 Å². The maximum atomic E-state index is 11.0. The molecule has 0 saturated carbocycles. The van der Waals surface area contributed by atoms with E-state index in [4.69, 9.17) is 12.2 Å². The number of hydrazone groups is 1. The van der Waals surface area contributed by atoms with Crippen LogP contribution in [0.15, 0.2) is 65.8 Å². The monoisotopic (exact) mass is 366 g/mol. The summed E-state index contributed by atoms with van der Waals surface area (Å²) in [4.78, 5) is 10.5. The molecule has 0 bridgehead atoms. The van der Waals surface area contributed by atoms with Crippen LogP contribution in [-0.4, -0.2) is 21.4 Å². The third kappa shape index (κ3) is 3.76. The lowest BCUT2D eigenvalue weighted by molar-refractivity contribution is -0.383. The Kier molecular flexibility index (Phi) is 5.04. The second-order valence-electron chi connectivity index (χ2n) is 5.32. The van der Waals surface area contributed by atoms with Crippen molar-refractivity contribution >= 4 is 45.7 Å². The van der Waals surface area contributed by atoms with Crippen molar-refractivity contribution in [2.45, 2.75) is 0 Å². The minimum atomic E-state index is -0.498. The van der Waals surface area contributed by atoms with Gasteiger partial charge in [-0.25, -0.2) is 0 Å². The number of fused-ring (bicyclic) bond motifs is 1. The number of phenolic OH excluding ortho intramolecular Hbond substituents is 1. The number of phenols is 1. The molecule has 130 valence electrons. The number of hydrogen-bond acceptors (Lipinski definition) is 5. The van der Waals surface area contributed by atoms with Crippen LogP contribution in [0.25, 0.3) is 10.8 Å². The van der Waals surface area contributed by atoms with Crippen LogP contribution in [-0.2, 0) is 0 Å². The minimum Gasteiger partial charge on any atom is -0.507 e. The number of anilines is 1. The van der Waals surface area contributed by atoms with Crippen molar-refractivity contribution in [3.8, 4) is 5.75 Å². The molecule has 3 N–H and O–H groups in total. The zero-order valence-corrected chi connectivity index (χ0v) is 14.2. The molecule has 0 aliphatic heterocycles. The average Bonchev–Trinajstić information content (AvgIpc) is 2.64. The van der Waals surface area contributed by atoms with Crippen LogP contribution in [0, 0.1) is 10.1 Å². The lowest BCUT2D eigenvalue weighted by Crippen LogP contribution is -2.24. The van der Waals surface area contributed by atoms with E-state index >= 15 is 0 Å². The van der Waals surface area contributed by atoms with Crippen molar-refractivity contribution in [2.75, 3.05) is 5.32 Å². The Hall–Kier alpha value is -3.52. The number of rotatable bonds is 4. The van der Waals surface area contributed by atoms with Crippen LogP contribution in [0.3, 0.4) is 0 Å². The summed E-state index contributed by atoms with van der Waals surface area (Å²) in [5.41, 5.74) is 3.31. The summed E-state index contributed by atoms with van der Waals surface area (Å²) in [5, 5.41) is 29.7. The number of para-hydroxylation sites is 2. The van der Waals surface area contributed by atoms with Crippen molar-refractivity contribution in [1.82, 2.24) is 5.43 Å². The van der Waals surface area contributed by atoms with Crippen LogP contribution in [0.2, 0.25) is 0 Å². The molecule has 0 radical (unpaired) electrons. The Morgan fingerprint density at radius 1 is 1.12 bits per heavy atom. The quantitative estimate of drug-likeness (QED) is 0.281. The molecule has 0 fully saturated rings. The molecule has 3 aromatic rings. The van der Waals surface area contributed by atoms with E-state index in [2.05, 4.69) is 15.8 Å². The van der Waals surface area contributed by atoms with Crippen LogP contribution >= 0.6 is 12.2 Å². The Bertz CT molecular complexity index is 1020. The van der Waals surface area contributed by atoms with E-state index in [0.717, 1.165) is 10.8 Å². The number of thiocarbonyl (C=S) groups is 1. The fourth-order valence-electron chi connectivity index (χ4n) is 2.46. The molecule has 0 spiro atoms. The third-order valence-electron chi connectivity index (χ3n) is 3.66. The lowest BCUT2D eigenvalue weighted by Gasteiger charge is -2.08. The highest BCUT2D eigenvalue weighted by molar-refractivity contribution is 7.80. The predicted octanol–water partition coefficient (Wildman–Crippen LogP) is 3.77. The SMILES string of the molecule is O=[N+]([O-])c1ccccc1NC(=S)N/N=C/c1c(O)ccc2ccccc12. The number of hydrogen-bond donors (Lipinski definition) is 3. The van der Waals surface area contributed by atoms with Crippen LogP contribution in [0.1, 0.15) is 5.56 Å². The molecule has 0 amide bonds. The smallest absolute Gasteiger partial charge is 0.292 e. The lowest BCUT2D eigenvalue weighted by atomic mass is 10.0. The summed E-state index contributed by atoms with van der Waals surface area (Å²) in [6.07, 6.45) is 1.45. The fraction of sp³-hybridized carbons (Fsp3) is 0. The molecule has 0 unspecified atom stereocenters. The van der Waals surface area contributed by atoms with Gasteiger partial charge < -0.3 is 10.4 Å². The van der Waals surface area contributed by atoms with Gasteiger partial charge in [-0.2, -0.15) is 5.10 Å². The molecule has 8 heteroatoms. The molecule has 3 aromatic carbocycles. The molecule has 3 rings (SSSR count). The summed E-state index contributed by atoms with van der Waals surface area (Å²) in [5.74, 6) is 0.0897. The van der Waals surface area contributed by atoms with Gasteiger partial charge >= 0.3 is 0 Å². The van der Waals surface area contributed by atoms with Crippen LogP contribution < -0.4 is 10.7 Å². The van der Waals surface area contributed by atoms with Gasteiger partial charge in [-0.1, -0.05) is 42.5 Å². The highest BCUT2D eigenvalue weighted by Gasteiger charge is 2.12. The number of benzene rings is 3. The van der Waals surface area contributed by atoms with Gasteiger partial charge in [-0.15, -0.1) is 0 Å². The standard InChI is InChI=1S/C18H14N4O3S/c23-17-10-9-12-5-1-2-6-13(12)14(17)11-19-21-18(26)20-15-7-3-4-8-16(15)22(24)25/h1-11,23H,(H2,20,21,26)/b19-11+. The van der Waals surface area contributed by atoms with E-state index in [1.807, 2.05) is 30.3 Å². The van der Waals surface area contributed by atoms with Crippen LogP contribution in [0.5, 0.6) is 5.75 Å². The molecule has 0 aromatic heterocycles. The highest BCUT2D eigenvalue weighted by atomic mass is 32.1. The summed E-state index contributed by atoms with van der Waals surface area (Å²) in [7, 11) is 0. The molecule has 0 heterocycles. The average molecular weight is 366 g/mol. The molecule has 0 saturated heterocycles. The summed E-state index contributed by atoms with van der Waals surface area (Å²) < 4.78 is 0. The normalized spacial score (nSPS) is 10.8. The van der Waals surface area contributed by atoms with E-state index in [9.17, 15) is 15.2 Å². The summed E-state index contributed by atoms with van der Waals surface area (Å²) in [6.45, 7) is 0. The summed E-state index contributed by atoms with van der Waals surface area (Å²) in [6, 6.07) is 17.1. The van der Waals surface area contributed by atoms with Crippen molar-refractivity contribution < 1.29 is 10.0 Å². The maximum absolute atomic E-state index is 11.0. The molecular weight excluding hydrogens is 352 g/mol. The summed E-state index contributed by atoms with van der Waals surface area (Å²) >= 11 is 5.11. The van der Waals surface area contributed by atoms with Gasteiger partial charge in [0.1, 0.15) is 11.4 Å². The van der Waals surface area contributed by atoms with E-state index in [-0.39, 0.29) is 22.2 Å². The van der Waals surface area contributed by atoms with E-state index < -0.39 is 4.92 Å². The first-order valence-corrected chi connectivity index (χ1v) is 8.01. The fourth-order valence-corrected chi connectivity index (χ4v) is 2.63. The second-order valence-corrected chi connectivity index (χ2v) is 5.73. The largest absolute Gasteiger partial charge is 0.507 e. The Balaban J connectivity index is 1.75. The molecule has 0 atom stereocenters. The van der Waals surface area contributed by atoms with Crippen molar-refractivity contribution in [3.05, 3.63) is 76.3 Å².